The van der Waals surface area contributed by atoms with Crippen LogP contribution in [0.25, 0.3) is 0 Å². The maximum Gasteiger partial charge on any atom is 0.251 e. The van der Waals surface area contributed by atoms with E-state index in [4.69, 9.17) is 4.74 Å². The number of rotatable bonds is 5. The van der Waals surface area contributed by atoms with E-state index >= 15 is 0 Å². The number of amides is 1. The molecule has 2 unspecified atom stereocenters. The van der Waals surface area contributed by atoms with Crippen LogP contribution < -0.4 is 10.2 Å². The molecule has 1 N–H and O–H groups in total. The van der Waals surface area contributed by atoms with Crippen LogP contribution in [0.2, 0.25) is 0 Å². The van der Waals surface area contributed by atoms with Crippen molar-refractivity contribution < 1.29 is 9.53 Å². The number of nitrogens with one attached hydrogen (secondary N) is 1. The summed E-state index contributed by atoms with van der Waals surface area (Å²) in [5, 5.41) is 3.04. The van der Waals surface area contributed by atoms with E-state index < -0.39 is 0 Å². The number of carbonyl (C=O) groups excluding carboxylic acids is 1. The molecule has 22 heavy (non-hydrogen) atoms. The predicted molar refractivity (Wildman–Crippen MR) is 89.6 cm³/mol. The Bertz CT molecular complexity index is 504. The van der Waals surface area contributed by atoms with Crippen molar-refractivity contribution in [3.8, 4) is 0 Å². The van der Waals surface area contributed by atoms with Crippen molar-refractivity contribution in [3.05, 3.63) is 29.8 Å². The molecule has 1 aromatic rings. The van der Waals surface area contributed by atoms with Gasteiger partial charge in [-0.1, -0.05) is 6.07 Å². The van der Waals surface area contributed by atoms with E-state index in [1.165, 1.54) is 0 Å². The zero-order valence-electron chi connectivity index (χ0n) is 14.0. The van der Waals surface area contributed by atoms with Gasteiger partial charge in [0.25, 0.3) is 5.91 Å². The predicted octanol–water partition coefficient (Wildman–Crippen LogP) is 1.59. The third kappa shape index (κ3) is 4.21. The highest BCUT2D eigenvalue weighted by Gasteiger charge is 2.23. The Morgan fingerprint density at radius 2 is 2.27 bits per heavy atom. The molecule has 122 valence electrons. The lowest BCUT2D eigenvalue weighted by atomic mass is 10.1. The molecule has 2 rings (SSSR count). The molecular weight excluding hydrogens is 278 g/mol. The van der Waals surface area contributed by atoms with Gasteiger partial charge in [-0.3, -0.25) is 9.69 Å². The first-order valence-electron chi connectivity index (χ1n) is 7.88. The number of morpholine rings is 1. The molecule has 1 saturated heterocycles. The van der Waals surface area contributed by atoms with Gasteiger partial charge in [-0.05, 0) is 32.0 Å². The van der Waals surface area contributed by atoms with Crippen molar-refractivity contribution in [1.29, 1.82) is 0 Å². The number of hydrogen-bond donors (Lipinski definition) is 1. The third-order valence-corrected chi connectivity index (χ3v) is 4.17. The molecule has 0 radical (unpaired) electrons. The quantitative estimate of drug-likeness (QED) is 0.897. The van der Waals surface area contributed by atoms with Crippen molar-refractivity contribution >= 4 is 11.6 Å². The van der Waals surface area contributed by atoms with Crippen LogP contribution in [-0.4, -0.2) is 63.3 Å². The average Bonchev–Trinajstić information content (AvgIpc) is 2.52. The number of ether oxygens (including phenoxy) is 1. The summed E-state index contributed by atoms with van der Waals surface area (Å²) in [7, 11) is 3.94. The first kappa shape index (κ1) is 16.8. The van der Waals surface area contributed by atoms with Crippen LogP contribution in [-0.2, 0) is 4.74 Å². The van der Waals surface area contributed by atoms with Gasteiger partial charge in [0.05, 0.1) is 13.2 Å². The van der Waals surface area contributed by atoms with Gasteiger partial charge >= 0.3 is 0 Å². The molecule has 2 atom stereocenters. The molecule has 1 heterocycles. The summed E-state index contributed by atoms with van der Waals surface area (Å²) in [6.07, 6.45) is 0. The smallest absolute Gasteiger partial charge is 0.251 e. The third-order valence-electron chi connectivity index (χ3n) is 4.17. The lowest BCUT2D eigenvalue weighted by Gasteiger charge is -2.37. The second-order valence-electron chi connectivity index (χ2n) is 6.17. The van der Waals surface area contributed by atoms with Crippen LogP contribution in [0.3, 0.4) is 0 Å². The van der Waals surface area contributed by atoms with Crippen LogP contribution in [0.1, 0.15) is 24.2 Å². The summed E-state index contributed by atoms with van der Waals surface area (Å²) in [5.74, 6) is -0.0172. The monoisotopic (exact) mass is 305 g/mol. The normalized spacial score (nSPS) is 20.5. The van der Waals surface area contributed by atoms with E-state index in [0.29, 0.717) is 24.2 Å². The van der Waals surface area contributed by atoms with Gasteiger partial charge in [0.1, 0.15) is 0 Å². The molecule has 5 heteroatoms. The molecule has 1 aliphatic rings. The van der Waals surface area contributed by atoms with Gasteiger partial charge in [-0.2, -0.15) is 0 Å². The van der Waals surface area contributed by atoms with Crippen molar-refractivity contribution in [2.75, 3.05) is 45.3 Å². The molecule has 1 aliphatic heterocycles. The largest absolute Gasteiger partial charge is 0.379 e. The van der Waals surface area contributed by atoms with E-state index in [-0.39, 0.29) is 5.91 Å². The van der Waals surface area contributed by atoms with Gasteiger partial charge in [0.2, 0.25) is 0 Å². The van der Waals surface area contributed by atoms with Crippen LogP contribution in [0, 0.1) is 0 Å². The Hall–Kier alpha value is -1.59. The fraction of sp³-hybridized carbons (Fsp3) is 0.588. The summed E-state index contributed by atoms with van der Waals surface area (Å²) in [6, 6.07) is 8.38. The Balaban J connectivity index is 1.90. The summed E-state index contributed by atoms with van der Waals surface area (Å²) in [6.45, 7) is 7.43. The zero-order chi connectivity index (χ0) is 16.1. The van der Waals surface area contributed by atoms with E-state index in [2.05, 4.69) is 24.1 Å². The van der Waals surface area contributed by atoms with Crippen molar-refractivity contribution in [2.45, 2.75) is 25.9 Å². The number of hydrogen-bond acceptors (Lipinski definition) is 4. The van der Waals surface area contributed by atoms with Gasteiger partial charge < -0.3 is 15.0 Å². The van der Waals surface area contributed by atoms with Crippen molar-refractivity contribution in [1.82, 2.24) is 10.2 Å². The molecule has 1 aromatic carbocycles. The molecule has 1 amide bonds. The van der Waals surface area contributed by atoms with E-state index in [9.17, 15) is 4.79 Å². The van der Waals surface area contributed by atoms with E-state index in [1.54, 1.807) is 0 Å². The highest BCUT2D eigenvalue weighted by Crippen LogP contribution is 2.14. The Labute approximate surface area is 133 Å². The Kier molecular flexibility index (Phi) is 5.80. The molecular formula is C17H27N3O2. The Morgan fingerprint density at radius 3 is 2.95 bits per heavy atom. The minimum Gasteiger partial charge on any atom is -0.379 e. The van der Waals surface area contributed by atoms with Crippen LogP contribution in [0.15, 0.2) is 24.3 Å². The summed E-state index contributed by atoms with van der Waals surface area (Å²) in [4.78, 5) is 16.7. The molecule has 0 bridgehead atoms. The summed E-state index contributed by atoms with van der Waals surface area (Å²) in [5.41, 5.74) is 1.73. The lowest BCUT2D eigenvalue weighted by Crippen LogP contribution is -2.51. The minimum absolute atomic E-state index is 0.0172. The van der Waals surface area contributed by atoms with Crippen LogP contribution in [0.5, 0.6) is 0 Å². The first-order valence-corrected chi connectivity index (χ1v) is 7.88. The highest BCUT2D eigenvalue weighted by molar-refractivity contribution is 5.95. The summed E-state index contributed by atoms with van der Waals surface area (Å²) < 4.78 is 5.46. The maximum absolute atomic E-state index is 12.3. The molecule has 0 spiro atoms. The number of benzene rings is 1. The van der Waals surface area contributed by atoms with Gasteiger partial charge in [-0.15, -0.1) is 0 Å². The topological polar surface area (TPSA) is 44.8 Å². The first-order chi connectivity index (χ1) is 10.5. The molecule has 0 aromatic heterocycles. The van der Waals surface area contributed by atoms with Crippen molar-refractivity contribution in [2.24, 2.45) is 0 Å². The van der Waals surface area contributed by atoms with Gasteiger partial charge in [0.15, 0.2) is 0 Å². The van der Waals surface area contributed by atoms with Gasteiger partial charge in [0, 0.05) is 50.5 Å². The van der Waals surface area contributed by atoms with Crippen molar-refractivity contribution in [3.63, 3.8) is 0 Å². The number of carbonyl (C=O) groups is 1. The maximum atomic E-state index is 12.3. The number of anilines is 1. The fourth-order valence-electron chi connectivity index (χ4n) is 2.78. The summed E-state index contributed by atoms with van der Waals surface area (Å²) >= 11 is 0. The molecule has 1 fully saturated rings. The van der Waals surface area contributed by atoms with Gasteiger partial charge in [-0.25, -0.2) is 0 Å². The second kappa shape index (κ2) is 7.61. The molecule has 5 nitrogen and oxygen atoms in total. The zero-order valence-corrected chi connectivity index (χ0v) is 14.0. The SMILES string of the molecule is CC(CNC(=O)c1cccc(N(C)C)c1)N1CCOCC1C. The average molecular weight is 305 g/mol. The van der Waals surface area contributed by atoms with Crippen LogP contribution >= 0.6 is 0 Å². The Morgan fingerprint density at radius 1 is 1.50 bits per heavy atom. The standard InChI is InChI=1S/C17H27N3O2/c1-13(20-8-9-22-12-14(20)2)11-18-17(21)15-6-5-7-16(10-15)19(3)4/h5-7,10,13-14H,8-9,11-12H2,1-4H3,(H,18,21). The lowest BCUT2D eigenvalue weighted by molar-refractivity contribution is -0.0178. The second-order valence-corrected chi connectivity index (χ2v) is 6.17. The van der Waals surface area contributed by atoms with Crippen LogP contribution in [0.4, 0.5) is 5.69 Å². The highest BCUT2D eigenvalue weighted by atomic mass is 16.5. The molecule has 0 aliphatic carbocycles. The fourth-order valence-corrected chi connectivity index (χ4v) is 2.78. The number of nitrogens with zero attached hydrogens (tertiary/aromatic N) is 2. The van der Waals surface area contributed by atoms with E-state index in [0.717, 1.165) is 25.4 Å². The molecule has 0 saturated carbocycles. The van der Waals surface area contributed by atoms with E-state index in [1.807, 2.05) is 43.3 Å². The minimum atomic E-state index is -0.0172.